The van der Waals surface area contributed by atoms with Crippen LogP contribution >= 0.6 is 11.8 Å². The van der Waals surface area contributed by atoms with Crippen LogP contribution in [0.15, 0.2) is 22.9 Å². The minimum atomic E-state index is -0.898. The van der Waals surface area contributed by atoms with Crippen molar-refractivity contribution in [3.8, 4) is 0 Å². The second-order valence-corrected chi connectivity index (χ2v) is 3.60. The fourth-order valence-corrected chi connectivity index (χ4v) is 2.09. The lowest BCUT2D eigenvalue weighted by Gasteiger charge is -2.18. The van der Waals surface area contributed by atoms with Crippen LogP contribution in [0.1, 0.15) is 0 Å². The van der Waals surface area contributed by atoms with Gasteiger partial charge in [-0.15, -0.1) is 11.8 Å². The van der Waals surface area contributed by atoms with Gasteiger partial charge in [-0.05, 0) is 6.08 Å². The molecule has 0 saturated carbocycles. The van der Waals surface area contributed by atoms with Gasteiger partial charge in [-0.2, -0.15) is 0 Å². The molecule has 2 aliphatic heterocycles. The van der Waals surface area contributed by atoms with Crippen molar-refractivity contribution >= 4 is 17.9 Å². The van der Waals surface area contributed by atoms with Gasteiger partial charge in [-0.1, -0.05) is 0 Å². The molecule has 64 valence electrons. The predicted octanol–water partition coefficient (Wildman–Crippen LogP) is 0.999. The largest absolute Gasteiger partial charge is 0.465 e. The van der Waals surface area contributed by atoms with Gasteiger partial charge in [0.25, 0.3) is 0 Å². The molecule has 2 rings (SSSR count). The first-order valence-electron chi connectivity index (χ1n) is 3.55. The molecule has 0 atom stereocenters. The number of nitrogens with one attached hydrogen (secondary N) is 1. The molecule has 12 heavy (non-hydrogen) atoms. The van der Waals surface area contributed by atoms with E-state index in [0.29, 0.717) is 6.54 Å². The van der Waals surface area contributed by atoms with Crippen molar-refractivity contribution in [2.45, 2.75) is 0 Å². The summed E-state index contributed by atoms with van der Waals surface area (Å²) >= 11 is 1.66. The average molecular weight is 184 g/mol. The summed E-state index contributed by atoms with van der Waals surface area (Å²) in [6.45, 7) is 0.485. The summed E-state index contributed by atoms with van der Waals surface area (Å²) in [5.41, 5.74) is 1.07. The number of nitrogens with zero attached hydrogens (tertiary/aromatic N) is 1. The molecule has 0 radical (unpaired) electrons. The van der Waals surface area contributed by atoms with E-state index in [-0.39, 0.29) is 0 Å². The highest BCUT2D eigenvalue weighted by Gasteiger charge is 2.21. The van der Waals surface area contributed by atoms with Gasteiger partial charge >= 0.3 is 6.09 Å². The van der Waals surface area contributed by atoms with E-state index in [1.54, 1.807) is 24.0 Å². The molecule has 0 aromatic heterocycles. The Balaban J connectivity index is 2.15. The van der Waals surface area contributed by atoms with E-state index >= 15 is 0 Å². The van der Waals surface area contributed by atoms with E-state index in [4.69, 9.17) is 5.11 Å². The third-order valence-electron chi connectivity index (χ3n) is 1.79. The first-order valence-corrected chi connectivity index (χ1v) is 4.53. The van der Waals surface area contributed by atoms with Crippen LogP contribution in [0, 0.1) is 0 Å². The second-order valence-electron chi connectivity index (χ2n) is 2.53. The van der Waals surface area contributed by atoms with Crippen LogP contribution in [0.2, 0.25) is 0 Å². The molecular weight excluding hydrogens is 176 g/mol. The van der Waals surface area contributed by atoms with Crippen molar-refractivity contribution in [2.75, 3.05) is 12.4 Å². The van der Waals surface area contributed by atoms with Crippen LogP contribution in [-0.4, -0.2) is 28.5 Å². The minimum absolute atomic E-state index is 0.485. The number of amides is 1. The summed E-state index contributed by atoms with van der Waals surface area (Å²) < 4.78 is 0. The fraction of sp³-hybridized carbons (Fsp3) is 0.286. The highest BCUT2D eigenvalue weighted by Crippen LogP contribution is 2.28. The normalized spacial score (nSPS) is 20.8. The number of rotatable bonds is 0. The van der Waals surface area contributed by atoms with Crippen molar-refractivity contribution in [1.29, 1.82) is 0 Å². The fourth-order valence-electron chi connectivity index (χ4n) is 1.16. The zero-order chi connectivity index (χ0) is 8.55. The van der Waals surface area contributed by atoms with Gasteiger partial charge in [-0.3, -0.25) is 4.90 Å². The van der Waals surface area contributed by atoms with Crippen LogP contribution in [-0.2, 0) is 0 Å². The van der Waals surface area contributed by atoms with Gasteiger partial charge in [0.1, 0.15) is 0 Å². The topological polar surface area (TPSA) is 52.6 Å². The van der Waals surface area contributed by atoms with E-state index in [0.717, 1.165) is 16.5 Å². The molecule has 0 aromatic carbocycles. The number of hydrogen-bond donors (Lipinski definition) is 2. The lowest BCUT2D eigenvalue weighted by atomic mass is 10.3. The molecule has 0 bridgehead atoms. The van der Waals surface area contributed by atoms with Gasteiger partial charge in [0.2, 0.25) is 0 Å². The van der Waals surface area contributed by atoms with Crippen LogP contribution < -0.4 is 5.32 Å². The monoisotopic (exact) mass is 184 g/mol. The third-order valence-corrected chi connectivity index (χ3v) is 2.78. The molecule has 0 unspecified atom stereocenters. The number of carboxylic acid groups (broad SMARTS) is 1. The molecule has 0 aliphatic carbocycles. The molecule has 0 spiro atoms. The molecule has 2 aliphatic rings. The molecule has 0 aromatic rings. The van der Waals surface area contributed by atoms with Crippen molar-refractivity contribution in [1.82, 2.24) is 10.2 Å². The van der Waals surface area contributed by atoms with Crippen molar-refractivity contribution in [3.05, 3.63) is 22.9 Å². The molecule has 1 amide bonds. The SMILES string of the molecule is O=C(O)N1C=CC2=C(C1)SCN2. The highest BCUT2D eigenvalue weighted by molar-refractivity contribution is 8.03. The Morgan fingerprint density at radius 1 is 1.75 bits per heavy atom. The summed E-state index contributed by atoms with van der Waals surface area (Å²) in [6, 6.07) is 0. The number of allylic oxidation sites excluding steroid dienone is 1. The predicted molar refractivity (Wildman–Crippen MR) is 46.5 cm³/mol. The number of hydrogen-bond acceptors (Lipinski definition) is 3. The van der Waals surface area contributed by atoms with E-state index < -0.39 is 6.09 Å². The lowest BCUT2D eigenvalue weighted by molar-refractivity contribution is 0.166. The van der Waals surface area contributed by atoms with Gasteiger partial charge in [-0.25, -0.2) is 4.79 Å². The van der Waals surface area contributed by atoms with Crippen molar-refractivity contribution in [3.63, 3.8) is 0 Å². The Hall–Kier alpha value is -1.10. The maximum Gasteiger partial charge on any atom is 0.411 e. The zero-order valence-corrected chi connectivity index (χ0v) is 7.10. The molecular formula is C7H8N2O2S. The van der Waals surface area contributed by atoms with Crippen LogP contribution in [0.5, 0.6) is 0 Å². The number of thioether (sulfide) groups is 1. The Kier molecular flexibility index (Phi) is 1.73. The molecule has 5 heteroatoms. The van der Waals surface area contributed by atoms with Crippen LogP contribution in [0.3, 0.4) is 0 Å². The second kappa shape index (κ2) is 2.75. The summed E-state index contributed by atoms with van der Waals surface area (Å²) in [6.07, 6.45) is 2.48. The van der Waals surface area contributed by atoms with Crippen LogP contribution in [0.4, 0.5) is 4.79 Å². The van der Waals surface area contributed by atoms with E-state index in [1.165, 1.54) is 4.90 Å². The lowest BCUT2D eigenvalue weighted by Crippen LogP contribution is -2.27. The highest BCUT2D eigenvalue weighted by atomic mass is 32.2. The van der Waals surface area contributed by atoms with E-state index in [9.17, 15) is 4.79 Å². The molecule has 2 heterocycles. The molecule has 0 saturated heterocycles. The number of carbonyl (C=O) groups is 1. The average Bonchev–Trinajstić information content (AvgIpc) is 2.49. The minimum Gasteiger partial charge on any atom is -0.465 e. The quantitative estimate of drug-likeness (QED) is 0.589. The summed E-state index contributed by atoms with van der Waals surface area (Å²) in [4.78, 5) is 13.0. The summed E-state index contributed by atoms with van der Waals surface area (Å²) in [5.74, 6) is 0.850. The standard InChI is InChI=1S/C7H8N2O2S/c10-7(11)9-2-1-5-6(3-9)12-4-8-5/h1-2,8H,3-4H2,(H,10,11). The first-order chi connectivity index (χ1) is 5.77. The molecule has 4 nitrogen and oxygen atoms in total. The van der Waals surface area contributed by atoms with E-state index in [2.05, 4.69) is 5.32 Å². The van der Waals surface area contributed by atoms with Crippen LogP contribution in [0.25, 0.3) is 0 Å². The molecule has 0 fully saturated rings. The maximum atomic E-state index is 10.6. The van der Waals surface area contributed by atoms with Gasteiger partial charge in [0, 0.05) is 16.8 Å². The Labute approximate surface area is 73.9 Å². The Morgan fingerprint density at radius 3 is 3.33 bits per heavy atom. The third kappa shape index (κ3) is 1.16. The zero-order valence-electron chi connectivity index (χ0n) is 6.28. The first kappa shape index (κ1) is 7.54. The van der Waals surface area contributed by atoms with Gasteiger partial charge in [0.15, 0.2) is 0 Å². The summed E-state index contributed by atoms with van der Waals surface area (Å²) in [5, 5.41) is 11.8. The maximum absolute atomic E-state index is 10.6. The van der Waals surface area contributed by atoms with Crippen molar-refractivity contribution in [2.24, 2.45) is 0 Å². The van der Waals surface area contributed by atoms with Gasteiger partial charge < -0.3 is 10.4 Å². The van der Waals surface area contributed by atoms with Gasteiger partial charge in [0.05, 0.1) is 12.4 Å². The van der Waals surface area contributed by atoms with Crippen molar-refractivity contribution < 1.29 is 9.90 Å². The van der Waals surface area contributed by atoms with E-state index in [1.807, 2.05) is 0 Å². The molecule has 2 N–H and O–H groups in total. The Morgan fingerprint density at radius 2 is 2.58 bits per heavy atom. The summed E-state index contributed by atoms with van der Waals surface area (Å²) in [7, 11) is 0. The Bertz CT molecular complexity index is 285. The smallest absolute Gasteiger partial charge is 0.411 e.